The quantitative estimate of drug-likeness (QED) is 0.831. The number of hydrogen-bond donors (Lipinski definition) is 1. The molecule has 6 heteroatoms. The molecule has 1 unspecified atom stereocenters. The molecule has 2 aromatic rings. The lowest BCUT2D eigenvalue weighted by Crippen LogP contribution is -2.47. The van der Waals surface area contributed by atoms with Crippen LogP contribution in [0, 0.1) is 11.3 Å². The standard InChI is InChI=1S/C14H16N4S2/c1-11(2)17-14(8-15,12-6-4-3-5-7-12)9-19-13-18-16-10-20-13/h3-7,10-11,17H,9H2,1-2H3. The second kappa shape index (κ2) is 6.84. The largest absolute Gasteiger partial charge is 0.293 e. The lowest BCUT2D eigenvalue weighted by Gasteiger charge is -2.30. The highest BCUT2D eigenvalue weighted by Gasteiger charge is 2.33. The Kier molecular flexibility index (Phi) is 5.12. The Hall–Kier alpha value is -1.42. The molecule has 4 nitrogen and oxygen atoms in total. The van der Waals surface area contributed by atoms with Gasteiger partial charge in [-0.05, 0) is 19.4 Å². The van der Waals surface area contributed by atoms with E-state index < -0.39 is 5.54 Å². The van der Waals surface area contributed by atoms with Crippen molar-refractivity contribution in [3.63, 3.8) is 0 Å². The van der Waals surface area contributed by atoms with E-state index in [-0.39, 0.29) is 6.04 Å². The topological polar surface area (TPSA) is 61.6 Å². The van der Waals surface area contributed by atoms with Crippen LogP contribution in [0.15, 0.2) is 40.2 Å². The molecule has 0 aliphatic rings. The van der Waals surface area contributed by atoms with Gasteiger partial charge in [-0.2, -0.15) is 5.26 Å². The number of thioether (sulfide) groups is 1. The van der Waals surface area contributed by atoms with Gasteiger partial charge in [-0.15, -0.1) is 10.2 Å². The van der Waals surface area contributed by atoms with Crippen LogP contribution in [-0.4, -0.2) is 22.0 Å². The summed E-state index contributed by atoms with van der Waals surface area (Å²) in [6.45, 7) is 4.09. The maximum absolute atomic E-state index is 9.75. The van der Waals surface area contributed by atoms with Crippen molar-refractivity contribution >= 4 is 23.1 Å². The highest BCUT2D eigenvalue weighted by atomic mass is 32.2. The van der Waals surface area contributed by atoms with Crippen LogP contribution in [0.1, 0.15) is 19.4 Å². The summed E-state index contributed by atoms with van der Waals surface area (Å²) in [6.07, 6.45) is 0. The fourth-order valence-corrected chi connectivity index (χ4v) is 3.56. The van der Waals surface area contributed by atoms with Gasteiger partial charge >= 0.3 is 0 Å². The van der Waals surface area contributed by atoms with Crippen LogP contribution in [0.5, 0.6) is 0 Å². The van der Waals surface area contributed by atoms with Crippen molar-refractivity contribution in [2.75, 3.05) is 5.75 Å². The minimum absolute atomic E-state index is 0.213. The van der Waals surface area contributed by atoms with E-state index in [9.17, 15) is 5.26 Å². The van der Waals surface area contributed by atoms with Crippen molar-refractivity contribution < 1.29 is 0 Å². The molecule has 104 valence electrons. The third kappa shape index (κ3) is 3.57. The normalized spacial score (nSPS) is 13.9. The molecular weight excluding hydrogens is 288 g/mol. The highest BCUT2D eigenvalue weighted by Crippen LogP contribution is 2.30. The van der Waals surface area contributed by atoms with Crippen molar-refractivity contribution in [3.05, 3.63) is 41.4 Å². The number of aromatic nitrogens is 2. The van der Waals surface area contributed by atoms with Gasteiger partial charge in [-0.3, -0.25) is 5.32 Å². The Morgan fingerprint density at radius 3 is 2.70 bits per heavy atom. The average molecular weight is 304 g/mol. The van der Waals surface area contributed by atoms with Crippen LogP contribution in [0.2, 0.25) is 0 Å². The number of nitrogens with zero attached hydrogens (tertiary/aromatic N) is 3. The Labute approximate surface area is 127 Å². The number of nitrogens with one attached hydrogen (secondary N) is 1. The second-order valence-electron chi connectivity index (χ2n) is 4.68. The van der Waals surface area contributed by atoms with Crippen molar-refractivity contribution in [1.29, 1.82) is 5.26 Å². The summed E-state index contributed by atoms with van der Waals surface area (Å²) >= 11 is 3.05. The summed E-state index contributed by atoms with van der Waals surface area (Å²) < 4.78 is 0.881. The zero-order chi connectivity index (χ0) is 14.4. The van der Waals surface area contributed by atoms with Crippen molar-refractivity contribution in [3.8, 4) is 6.07 Å². The SMILES string of the molecule is CC(C)NC(C#N)(CSc1nncs1)c1ccccc1. The smallest absolute Gasteiger partial charge is 0.174 e. The summed E-state index contributed by atoms with van der Waals surface area (Å²) in [5, 5.41) is 21.0. The van der Waals surface area contributed by atoms with E-state index >= 15 is 0 Å². The maximum Gasteiger partial charge on any atom is 0.174 e. The third-order valence-electron chi connectivity index (χ3n) is 2.74. The molecule has 0 fully saturated rings. The molecule has 2 rings (SSSR count). The van der Waals surface area contributed by atoms with E-state index in [4.69, 9.17) is 0 Å². The predicted octanol–water partition coefficient (Wildman–Crippen LogP) is 3.05. The van der Waals surface area contributed by atoms with E-state index in [2.05, 4.69) is 21.6 Å². The van der Waals surface area contributed by atoms with Gasteiger partial charge in [0.15, 0.2) is 4.34 Å². The molecule has 1 aromatic carbocycles. The first-order chi connectivity index (χ1) is 9.66. The molecule has 0 spiro atoms. The molecular formula is C14H16N4S2. The minimum Gasteiger partial charge on any atom is -0.293 e. The molecule has 1 heterocycles. The van der Waals surface area contributed by atoms with Crippen LogP contribution in [0.4, 0.5) is 0 Å². The Balaban J connectivity index is 2.25. The van der Waals surface area contributed by atoms with Gasteiger partial charge in [0, 0.05) is 11.8 Å². The van der Waals surface area contributed by atoms with Crippen LogP contribution in [0.3, 0.4) is 0 Å². The lowest BCUT2D eigenvalue weighted by atomic mass is 9.92. The third-order valence-corrected chi connectivity index (χ3v) is 4.78. The summed E-state index contributed by atoms with van der Waals surface area (Å²) in [5.74, 6) is 0.598. The molecule has 0 saturated heterocycles. The number of hydrogen-bond acceptors (Lipinski definition) is 6. The van der Waals surface area contributed by atoms with Crippen molar-refractivity contribution in [2.45, 2.75) is 29.8 Å². The fraction of sp³-hybridized carbons (Fsp3) is 0.357. The Bertz CT molecular complexity index is 563. The first-order valence-corrected chi connectivity index (χ1v) is 8.16. The molecule has 0 aliphatic heterocycles. The molecule has 0 amide bonds. The molecule has 0 radical (unpaired) electrons. The Morgan fingerprint density at radius 1 is 1.40 bits per heavy atom. The lowest BCUT2D eigenvalue weighted by molar-refractivity contribution is 0.425. The number of rotatable bonds is 6. The fourth-order valence-electron chi connectivity index (χ4n) is 1.95. The monoisotopic (exact) mass is 304 g/mol. The summed E-state index contributed by atoms with van der Waals surface area (Å²) in [5.41, 5.74) is 1.97. The van der Waals surface area contributed by atoms with Crippen LogP contribution in [-0.2, 0) is 5.54 Å². The minimum atomic E-state index is -0.717. The van der Waals surface area contributed by atoms with E-state index in [0.29, 0.717) is 5.75 Å². The summed E-state index contributed by atoms with van der Waals surface area (Å²) in [7, 11) is 0. The van der Waals surface area contributed by atoms with E-state index in [1.165, 1.54) is 11.3 Å². The van der Waals surface area contributed by atoms with E-state index in [0.717, 1.165) is 9.90 Å². The molecule has 1 N–H and O–H groups in total. The van der Waals surface area contributed by atoms with Gasteiger partial charge in [0.2, 0.25) is 0 Å². The summed E-state index contributed by atoms with van der Waals surface area (Å²) in [6, 6.07) is 12.5. The Morgan fingerprint density at radius 2 is 2.15 bits per heavy atom. The van der Waals surface area contributed by atoms with Crippen molar-refractivity contribution in [2.24, 2.45) is 0 Å². The molecule has 0 bridgehead atoms. The predicted molar refractivity (Wildman–Crippen MR) is 82.6 cm³/mol. The molecule has 1 aromatic heterocycles. The second-order valence-corrected chi connectivity index (χ2v) is 6.73. The zero-order valence-corrected chi connectivity index (χ0v) is 13.0. The molecule has 0 aliphatic carbocycles. The molecule has 20 heavy (non-hydrogen) atoms. The van der Waals surface area contributed by atoms with Gasteiger partial charge in [0.05, 0.1) is 6.07 Å². The van der Waals surface area contributed by atoms with Gasteiger partial charge in [-0.1, -0.05) is 53.4 Å². The van der Waals surface area contributed by atoms with Gasteiger partial charge < -0.3 is 0 Å². The van der Waals surface area contributed by atoms with Crippen LogP contribution < -0.4 is 5.32 Å². The highest BCUT2D eigenvalue weighted by molar-refractivity contribution is 8.01. The first kappa shape index (κ1) is 15.0. The van der Waals surface area contributed by atoms with Gasteiger partial charge in [0.1, 0.15) is 11.0 Å². The van der Waals surface area contributed by atoms with E-state index in [1.807, 2.05) is 44.2 Å². The summed E-state index contributed by atoms with van der Waals surface area (Å²) in [4.78, 5) is 0. The molecule has 0 saturated carbocycles. The number of benzene rings is 1. The van der Waals surface area contributed by atoms with Crippen LogP contribution >= 0.6 is 23.1 Å². The number of nitriles is 1. The van der Waals surface area contributed by atoms with Crippen LogP contribution in [0.25, 0.3) is 0 Å². The first-order valence-electron chi connectivity index (χ1n) is 6.30. The zero-order valence-electron chi connectivity index (χ0n) is 11.4. The van der Waals surface area contributed by atoms with Gasteiger partial charge in [0.25, 0.3) is 0 Å². The maximum atomic E-state index is 9.75. The van der Waals surface area contributed by atoms with E-state index in [1.54, 1.807) is 17.3 Å². The van der Waals surface area contributed by atoms with Gasteiger partial charge in [-0.25, -0.2) is 0 Å². The molecule has 1 atom stereocenters. The van der Waals surface area contributed by atoms with Crippen molar-refractivity contribution in [1.82, 2.24) is 15.5 Å². The average Bonchev–Trinajstić information content (AvgIpc) is 2.97.